The van der Waals surface area contributed by atoms with Crippen LogP contribution in [0.2, 0.25) is 5.15 Å². The van der Waals surface area contributed by atoms with Gasteiger partial charge in [0.15, 0.2) is 0 Å². The fourth-order valence-corrected chi connectivity index (χ4v) is 1.91. The van der Waals surface area contributed by atoms with Crippen molar-refractivity contribution >= 4 is 11.6 Å². The van der Waals surface area contributed by atoms with E-state index in [0.29, 0.717) is 5.15 Å². The van der Waals surface area contributed by atoms with Gasteiger partial charge < -0.3 is 0 Å². The van der Waals surface area contributed by atoms with E-state index in [1.807, 2.05) is 26.0 Å². The Balaban J connectivity index is 2.63. The number of pyridine rings is 1. The molecule has 4 heteroatoms. The topological polar surface area (TPSA) is 38.7 Å². The third kappa shape index (κ3) is 2.51. The van der Waals surface area contributed by atoms with Gasteiger partial charge in [-0.15, -0.1) is 0 Å². The second-order valence-corrected chi connectivity index (χ2v) is 5.04. The Morgan fingerprint density at radius 2 is 1.89 bits per heavy atom. The van der Waals surface area contributed by atoms with Gasteiger partial charge in [0.1, 0.15) is 11.0 Å². The minimum atomic E-state index is 0.254. The van der Waals surface area contributed by atoms with E-state index in [1.165, 1.54) is 0 Å². The fourth-order valence-electron chi connectivity index (χ4n) is 1.74. The first-order valence-corrected chi connectivity index (χ1v) is 6.34. The first-order chi connectivity index (χ1) is 8.49. The molecule has 0 aliphatic rings. The largest absolute Gasteiger partial charge is 0.262 e. The molecule has 0 radical (unpaired) electrons. The fraction of sp³-hybridized carbons (Fsp3) is 0.357. The molecule has 0 saturated carbocycles. The third-order valence-corrected chi connectivity index (χ3v) is 3.16. The standard InChI is InChI=1S/C14H16ClN3/c1-8(2)14-17-12(10(4)13(15)18-14)11-5-6-16-9(3)7-11/h5-8H,1-4H3. The summed E-state index contributed by atoms with van der Waals surface area (Å²) < 4.78 is 0. The Morgan fingerprint density at radius 3 is 2.50 bits per heavy atom. The first kappa shape index (κ1) is 13.0. The Bertz CT molecular complexity index is 579. The van der Waals surface area contributed by atoms with Crippen LogP contribution in [0.3, 0.4) is 0 Å². The highest BCUT2D eigenvalue weighted by Crippen LogP contribution is 2.27. The Labute approximate surface area is 112 Å². The van der Waals surface area contributed by atoms with Crippen LogP contribution in [0, 0.1) is 13.8 Å². The minimum Gasteiger partial charge on any atom is -0.262 e. The van der Waals surface area contributed by atoms with E-state index in [9.17, 15) is 0 Å². The quantitative estimate of drug-likeness (QED) is 0.769. The maximum atomic E-state index is 6.19. The molecule has 2 aromatic heterocycles. The van der Waals surface area contributed by atoms with Crippen LogP contribution >= 0.6 is 11.6 Å². The molecule has 0 spiro atoms. The van der Waals surface area contributed by atoms with Crippen molar-refractivity contribution in [1.82, 2.24) is 15.0 Å². The number of aromatic nitrogens is 3. The van der Waals surface area contributed by atoms with Gasteiger partial charge in [-0.05, 0) is 26.0 Å². The van der Waals surface area contributed by atoms with Crippen molar-refractivity contribution in [1.29, 1.82) is 0 Å². The average Bonchev–Trinajstić information content (AvgIpc) is 2.32. The summed E-state index contributed by atoms with van der Waals surface area (Å²) in [4.78, 5) is 13.1. The van der Waals surface area contributed by atoms with Gasteiger partial charge in [0.25, 0.3) is 0 Å². The molecule has 94 valence electrons. The van der Waals surface area contributed by atoms with Crippen LogP contribution in [-0.4, -0.2) is 15.0 Å². The van der Waals surface area contributed by atoms with E-state index in [4.69, 9.17) is 11.6 Å². The van der Waals surface area contributed by atoms with E-state index in [1.54, 1.807) is 6.20 Å². The first-order valence-electron chi connectivity index (χ1n) is 5.96. The molecule has 0 aromatic carbocycles. The zero-order valence-electron chi connectivity index (χ0n) is 11.0. The Morgan fingerprint density at radius 1 is 1.17 bits per heavy atom. The van der Waals surface area contributed by atoms with Gasteiger partial charge in [-0.1, -0.05) is 25.4 Å². The molecule has 0 amide bonds. The zero-order valence-corrected chi connectivity index (χ0v) is 11.8. The van der Waals surface area contributed by atoms with Crippen LogP contribution in [0.15, 0.2) is 18.3 Å². The predicted molar refractivity (Wildman–Crippen MR) is 73.8 cm³/mol. The second kappa shape index (κ2) is 5.02. The van der Waals surface area contributed by atoms with Crippen molar-refractivity contribution in [2.45, 2.75) is 33.6 Å². The molecule has 0 aliphatic heterocycles. The summed E-state index contributed by atoms with van der Waals surface area (Å²) in [6.45, 7) is 8.02. The van der Waals surface area contributed by atoms with Gasteiger partial charge in [0.05, 0.1) is 5.69 Å². The number of aryl methyl sites for hydroxylation is 1. The maximum Gasteiger partial charge on any atom is 0.136 e. The van der Waals surface area contributed by atoms with E-state index in [2.05, 4.69) is 28.8 Å². The van der Waals surface area contributed by atoms with Crippen LogP contribution in [0.25, 0.3) is 11.3 Å². The molecule has 2 rings (SSSR count). The summed E-state index contributed by atoms with van der Waals surface area (Å²) in [6, 6.07) is 3.96. The Hall–Kier alpha value is -1.48. The molecule has 0 saturated heterocycles. The van der Waals surface area contributed by atoms with Crippen LogP contribution in [0.5, 0.6) is 0 Å². The number of hydrogen-bond donors (Lipinski definition) is 0. The van der Waals surface area contributed by atoms with Crippen molar-refractivity contribution < 1.29 is 0 Å². The van der Waals surface area contributed by atoms with Gasteiger partial charge in [0, 0.05) is 28.9 Å². The maximum absolute atomic E-state index is 6.19. The lowest BCUT2D eigenvalue weighted by Gasteiger charge is -2.11. The summed E-state index contributed by atoms with van der Waals surface area (Å²) in [5, 5.41) is 0.526. The highest BCUT2D eigenvalue weighted by Gasteiger charge is 2.13. The molecule has 0 atom stereocenters. The molecule has 0 bridgehead atoms. The monoisotopic (exact) mass is 261 g/mol. The van der Waals surface area contributed by atoms with Crippen LogP contribution in [0.1, 0.15) is 36.8 Å². The smallest absolute Gasteiger partial charge is 0.136 e. The normalized spacial score (nSPS) is 11.0. The lowest BCUT2D eigenvalue weighted by Crippen LogP contribution is -2.02. The lowest BCUT2D eigenvalue weighted by molar-refractivity contribution is 0.773. The van der Waals surface area contributed by atoms with Crippen LogP contribution < -0.4 is 0 Å². The average molecular weight is 262 g/mol. The molecule has 0 aliphatic carbocycles. The van der Waals surface area contributed by atoms with E-state index >= 15 is 0 Å². The van der Waals surface area contributed by atoms with Crippen molar-refractivity contribution in [2.24, 2.45) is 0 Å². The molecule has 18 heavy (non-hydrogen) atoms. The number of rotatable bonds is 2. The second-order valence-electron chi connectivity index (χ2n) is 4.69. The van der Waals surface area contributed by atoms with Gasteiger partial charge >= 0.3 is 0 Å². The molecule has 0 fully saturated rings. The number of nitrogens with zero attached hydrogens (tertiary/aromatic N) is 3. The van der Waals surface area contributed by atoms with Crippen molar-refractivity contribution in [3.05, 3.63) is 40.6 Å². The van der Waals surface area contributed by atoms with Gasteiger partial charge in [-0.2, -0.15) is 0 Å². The minimum absolute atomic E-state index is 0.254. The van der Waals surface area contributed by atoms with E-state index in [0.717, 1.165) is 28.3 Å². The Kier molecular flexibility index (Phi) is 3.62. The molecule has 0 unspecified atom stereocenters. The zero-order chi connectivity index (χ0) is 13.3. The molecule has 0 N–H and O–H groups in total. The number of hydrogen-bond acceptors (Lipinski definition) is 3. The molecule has 2 aromatic rings. The highest BCUT2D eigenvalue weighted by molar-refractivity contribution is 6.30. The van der Waals surface area contributed by atoms with Gasteiger partial charge in [-0.3, -0.25) is 4.98 Å². The van der Waals surface area contributed by atoms with E-state index < -0.39 is 0 Å². The van der Waals surface area contributed by atoms with Crippen molar-refractivity contribution in [3.63, 3.8) is 0 Å². The molecular weight excluding hydrogens is 246 g/mol. The summed E-state index contributed by atoms with van der Waals surface area (Å²) in [6.07, 6.45) is 1.79. The van der Waals surface area contributed by atoms with Crippen molar-refractivity contribution in [3.8, 4) is 11.3 Å². The molecule has 2 heterocycles. The summed E-state index contributed by atoms with van der Waals surface area (Å²) in [7, 11) is 0. The van der Waals surface area contributed by atoms with Crippen LogP contribution in [0.4, 0.5) is 0 Å². The van der Waals surface area contributed by atoms with Crippen molar-refractivity contribution in [2.75, 3.05) is 0 Å². The van der Waals surface area contributed by atoms with E-state index in [-0.39, 0.29) is 5.92 Å². The lowest BCUT2D eigenvalue weighted by atomic mass is 10.1. The van der Waals surface area contributed by atoms with Gasteiger partial charge in [-0.25, -0.2) is 9.97 Å². The van der Waals surface area contributed by atoms with Crippen LogP contribution in [-0.2, 0) is 0 Å². The number of halogens is 1. The predicted octanol–water partition coefficient (Wildman–Crippen LogP) is 3.93. The third-order valence-electron chi connectivity index (χ3n) is 2.79. The summed E-state index contributed by atoms with van der Waals surface area (Å²) in [5.74, 6) is 1.03. The summed E-state index contributed by atoms with van der Waals surface area (Å²) >= 11 is 6.19. The molecular formula is C14H16ClN3. The highest BCUT2D eigenvalue weighted by atomic mass is 35.5. The SMILES string of the molecule is Cc1cc(-c2nc(C(C)C)nc(Cl)c2C)ccn1. The molecule has 3 nitrogen and oxygen atoms in total. The summed E-state index contributed by atoms with van der Waals surface area (Å²) in [5.41, 5.74) is 3.80. The van der Waals surface area contributed by atoms with Gasteiger partial charge in [0.2, 0.25) is 0 Å².